The van der Waals surface area contributed by atoms with E-state index in [2.05, 4.69) is 10.6 Å². The first-order valence-corrected chi connectivity index (χ1v) is 7.53. The molecule has 1 aliphatic heterocycles. The first-order valence-electron chi connectivity index (χ1n) is 7.53. The molecule has 2 N–H and O–H groups in total. The molecule has 0 bridgehead atoms. The van der Waals surface area contributed by atoms with Crippen LogP contribution in [0.25, 0.3) is 0 Å². The quantitative estimate of drug-likeness (QED) is 0.839. The number of hydrogen-bond donors (Lipinski definition) is 2. The lowest BCUT2D eigenvalue weighted by molar-refractivity contribution is -0.122. The van der Waals surface area contributed by atoms with Crippen LogP contribution in [0.3, 0.4) is 0 Å². The SMILES string of the molecule is CCOc1ccccc1C(C)NC(=O)CC1COCCN1.Cl. The van der Waals surface area contributed by atoms with E-state index in [0.717, 1.165) is 24.5 Å². The number of rotatable bonds is 6. The fourth-order valence-corrected chi connectivity index (χ4v) is 2.48. The molecule has 1 fully saturated rings. The average Bonchev–Trinajstić information content (AvgIpc) is 2.49. The number of carbonyl (C=O) groups is 1. The molecule has 0 saturated carbocycles. The lowest BCUT2D eigenvalue weighted by Gasteiger charge is -2.24. The molecule has 0 radical (unpaired) electrons. The molecule has 2 unspecified atom stereocenters. The fourth-order valence-electron chi connectivity index (χ4n) is 2.48. The number of ether oxygens (including phenoxy) is 2. The molecule has 124 valence electrons. The minimum atomic E-state index is -0.0789. The van der Waals surface area contributed by atoms with Gasteiger partial charge in [0.25, 0.3) is 0 Å². The van der Waals surface area contributed by atoms with Gasteiger partial charge >= 0.3 is 0 Å². The van der Waals surface area contributed by atoms with Crippen LogP contribution in [0.1, 0.15) is 31.9 Å². The highest BCUT2D eigenvalue weighted by molar-refractivity contribution is 5.85. The van der Waals surface area contributed by atoms with Crippen LogP contribution in [0, 0.1) is 0 Å². The van der Waals surface area contributed by atoms with Crippen LogP contribution in [-0.2, 0) is 9.53 Å². The molecular weight excluding hydrogens is 304 g/mol. The Morgan fingerprint density at radius 2 is 2.27 bits per heavy atom. The van der Waals surface area contributed by atoms with Crippen LogP contribution in [0.4, 0.5) is 0 Å². The number of para-hydroxylation sites is 1. The lowest BCUT2D eigenvalue weighted by Crippen LogP contribution is -2.44. The number of nitrogens with one attached hydrogen (secondary N) is 2. The van der Waals surface area contributed by atoms with Gasteiger partial charge in [-0.3, -0.25) is 4.79 Å². The maximum absolute atomic E-state index is 12.1. The molecule has 6 heteroatoms. The Bertz CT molecular complexity index is 464. The molecule has 22 heavy (non-hydrogen) atoms. The van der Waals surface area contributed by atoms with E-state index < -0.39 is 0 Å². The van der Waals surface area contributed by atoms with Crippen LogP contribution in [0.5, 0.6) is 5.75 Å². The van der Waals surface area contributed by atoms with Gasteiger partial charge in [-0.1, -0.05) is 18.2 Å². The topological polar surface area (TPSA) is 59.6 Å². The summed E-state index contributed by atoms with van der Waals surface area (Å²) in [5, 5.41) is 6.31. The molecule has 0 aliphatic carbocycles. The van der Waals surface area contributed by atoms with Crippen molar-refractivity contribution in [1.82, 2.24) is 10.6 Å². The van der Waals surface area contributed by atoms with E-state index in [9.17, 15) is 4.79 Å². The molecule has 1 aromatic carbocycles. The second kappa shape index (κ2) is 9.66. The number of halogens is 1. The summed E-state index contributed by atoms with van der Waals surface area (Å²) in [6, 6.07) is 7.83. The number of morpholine rings is 1. The second-order valence-electron chi connectivity index (χ2n) is 5.19. The zero-order valence-corrected chi connectivity index (χ0v) is 13.9. The van der Waals surface area contributed by atoms with E-state index in [1.54, 1.807) is 0 Å². The van der Waals surface area contributed by atoms with E-state index in [1.807, 2.05) is 38.1 Å². The summed E-state index contributed by atoms with van der Waals surface area (Å²) in [6.07, 6.45) is 0.432. The number of amides is 1. The predicted octanol–water partition coefficient (Wildman–Crippen LogP) is 2.06. The second-order valence-corrected chi connectivity index (χ2v) is 5.19. The fraction of sp³-hybridized carbons (Fsp3) is 0.562. The monoisotopic (exact) mass is 328 g/mol. The predicted molar refractivity (Wildman–Crippen MR) is 88.6 cm³/mol. The highest BCUT2D eigenvalue weighted by Gasteiger charge is 2.19. The van der Waals surface area contributed by atoms with Gasteiger partial charge in [0.2, 0.25) is 5.91 Å². The van der Waals surface area contributed by atoms with Gasteiger partial charge in [-0.15, -0.1) is 12.4 Å². The van der Waals surface area contributed by atoms with Gasteiger partial charge in [-0.25, -0.2) is 0 Å². The highest BCUT2D eigenvalue weighted by atomic mass is 35.5. The van der Waals surface area contributed by atoms with E-state index in [1.165, 1.54) is 0 Å². The van der Waals surface area contributed by atoms with Crippen LogP contribution in [0.15, 0.2) is 24.3 Å². The van der Waals surface area contributed by atoms with Crippen molar-refractivity contribution >= 4 is 18.3 Å². The maximum Gasteiger partial charge on any atom is 0.222 e. The van der Waals surface area contributed by atoms with Crippen molar-refractivity contribution < 1.29 is 14.3 Å². The van der Waals surface area contributed by atoms with E-state index in [0.29, 0.717) is 19.6 Å². The summed E-state index contributed by atoms with van der Waals surface area (Å²) >= 11 is 0. The minimum absolute atomic E-state index is 0. The van der Waals surface area contributed by atoms with Gasteiger partial charge < -0.3 is 20.1 Å². The van der Waals surface area contributed by atoms with Gasteiger partial charge in [0.05, 0.1) is 25.9 Å². The summed E-state index contributed by atoms with van der Waals surface area (Å²) in [6.45, 7) is 6.66. The molecule has 1 aromatic rings. The van der Waals surface area contributed by atoms with Crippen molar-refractivity contribution in [2.45, 2.75) is 32.4 Å². The van der Waals surface area contributed by atoms with Gasteiger partial charge in [-0.2, -0.15) is 0 Å². The van der Waals surface area contributed by atoms with Crippen molar-refractivity contribution in [2.75, 3.05) is 26.4 Å². The van der Waals surface area contributed by atoms with Gasteiger partial charge in [0.15, 0.2) is 0 Å². The zero-order chi connectivity index (χ0) is 15.1. The molecule has 2 rings (SSSR count). The first-order chi connectivity index (χ1) is 10.2. The van der Waals surface area contributed by atoms with Crippen molar-refractivity contribution in [3.05, 3.63) is 29.8 Å². The van der Waals surface area contributed by atoms with Gasteiger partial charge in [0, 0.05) is 24.6 Å². The Morgan fingerprint density at radius 3 is 2.95 bits per heavy atom. The van der Waals surface area contributed by atoms with Crippen molar-refractivity contribution in [2.24, 2.45) is 0 Å². The molecule has 2 atom stereocenters. The van der Waals surface area contributed by atoms with E-state index >= 15 is 0 Å². The largest absolute Gasteiger partial charge is 0.494 e. The molecule has 1 saturated heterocycles. The molecular formula is C16H25ClN2O3. The molecule has 1 aliphatic rings. The molecule has 1 amide bonds. The van der Waals surface area contributed by atoms with Gasteiger partial charge in [-0.05, 0) is 19.9 Å². The lowest BCUT2D eigenvalue weighted by atomic mass is 10.1. The standard InChI is InChI=1S/C16H24N2O3.ClH/c1-3-21-15-7-5-4-6-14(15)12(2)18-16(19)10-13-11-20-9-8-17-13;/h4-7,12-13,17H,3,8-11H2,1-2H3,(H,18,19);1H. The number of hydrogen-bond acceptors (Lipinski definition) is 4. The summed E-state index contributed by atoms with van der Waals surface area (Å²) in [5.41, 5.74) is 1.00. The normalized spacial score (nSPS) is 18.9. The Hall–Kier alpha value is -1.30. The third kappa shape index (κ3) is 5.48. The summed E-state index contributed by atoms with van der Waals surface area (Å²) in [7, 11) is 0. The Labute approximate surface area is 138 Å². The maximum atomic E-state index is 12.1. The Morgan fingerprint density at radius 1 is 1.50 bits per heavy atom. The molecule has 1 heterocycles. The third-order valence-corrected chi connectivity index (χ3v) is 3.49. The van der Waals surface area contributed by atoms with Crippen LogP contribution >= 0.6 is 12.4 Å². The van der Waals surface area contributed by atoms with Crippen LogP contribution < -0.4 is 15.4 Å². The van der Waals surface area contributed by atoms with Crippen molar-refractivity contribution in [1.29, 1.82) is 0 Å². The minimum Gasteiger partial charge on any atom is -0.494 e. The highest BCUT2D eigenvalue weighted by Crippen LogP contribution is 2.24. The summed E-state index contributed by atoms with van der Waals surface area (Å²) in [4.78, 5) is 12.1. The number of carbonyl (C=O) groups excluding carboxylic acids is 1. The molecule has 0 spiro atoms. The number of benzene rings is 1. The van der Waals surface area contributed by atoms with Crippen LogP contribution in [-0.4, -0.2) is 38.3 Å². The molecule has 5 nitrogen and oxygen atoms in total. The first kappa shape index (κ1) is 18.7. The zero-order valence-electron chi connectivity index (χ0n) is 13.1. The smallest absolute Gasteiger partial charge is 0.222 e. The van der Waals surface area contributed by atoms with Crippen molar-refractivity contribution in [3.63, 3.8) is 0 Å². The van der Waals surface area contributed by atoms with Gasteiger partial charge in [0.1, 0.15) is 5.75 Å². The molecule has 0 aromatic heterocycles. The van der Waals surface area contributed by atoms with Crippen LogP contribution in [0.2, 0.25) is 0 Å². The average molecular weight is 329 g/mol. The van der Waals surface area contributed by atoms with E-state index in [-0.39, 0.29) is 30.4 Å². The Balaban J connectivity index is 0.00000242. The summed E-state index contributed by atoms with van der Waals surface area (Å²) in [5.74, 6) is 0.851. The third-order valence-electron chi connectivity index (χ3n) is 3.49. The Kier molecular flexibility index (Phi) is 8.24. The van der Waals surface area contributed by atoms with E-state index in [4.69, 9.17) is 9.47 Å². The van der Waals surface area contributed by atoms with Crippen molar-refractivity contribution in [3.8, 4) is 5.75 Å². The summed E-state index contributed by atoms with van der Waals surface area (Å²) < 4.78 is 11.0.